The van der Waals surface area contributed by atoms with Gasteiger partial charge in [0.25, 0.3) is 0 Å². The predicted molar refractivity (Wildman–Crippen MR) is 56.5 cm³/mol. The summed E-state index contributed by atoms with van der Waals surface area (Å²) in [6, 6.07) is 15.7. The standard InChI is InChI=1S/C6H6.C4H4O.C2H6/c1-2-4-6-5-3-1;1-2-4-5-3-1;1-2/h1-6H;1-4H;1-2H3. The van der Waals surface area contributed by atoms with Crippen molar-refractivity contribution in [2.24, 2.45) is 0 Å². The molecule has 0 unspecified atom stereocenters. The first kappa shape index (κ1) is 11.5. The lowest BCUT2D eigenvalue weighted by Crippen LogP contribution is -1.47. The molecule has 1 aromatic carbocycles. The number of rotatable bonds is 0. The van der Waals surface area contributed by atoms with Crippen LogP contribution in [0.4, 0.5) is 0 Å². The van der Waals surface area contributed by atoms with Gasteiger partial charge in [-0.1, -0.05) is 50.2 Å². The van der Waals surface area contributed by atoms with Gasteiger partial charge in [-0.05, 0) is 12.1 Å². The van der Waals surface area contributed by atoms with Crippen molar-refractivity contribution in [2.45, 2.75) is 13.8 Å². The summed E-state index contributed by atoms with van der Waals surface area (Å²) in [6.45, 7) is 4.00. The van der Waals surface area contributed by atoms with E-state index in [1.54, 1.807) is 12.5 Å². The molecule has 13 heavy (non-hydrogen) atoms. The molecule has 0 saturated carbocycles. The Morgan fingerprint density at radius 1 is 0.538 bits per heavy atom. The van der Waals surface area contributed by atoms with Crippen LogP contribution in [0.3, 0.4) is 0 Å². The molecule has 0 N–H and O–H groups in total. The van der Waals surface area contributed by atoms with E-state index in [9.17, 15) is 0 Å². The zero-order chi connectivity index (χ0) is 9.78. The molecule has 2 rings (SSSR count). The molecule has 0 bridgehead atoms. The van der Waals surface area contributed by atoms with Gasteiger partial charge < -0.3 is 4.42 Å². The van der Waals surface area contributed by atoms with Gasteiger partial charge in [0.15, 0.2) is 0 Å². The molecule has 0 spiro atoms. The van der Waals surface area contributed by atoms with E-state index in [1.165, 1.54) is 0 Å². The molecule has 0 amide bonds. The van der Waals surface area contributed by atoms with Crippen molar-refractivity contribution in [2.75, 3.05) is 0 Å². The third kappa shape index (κ3) is 8.41. The highest BCUT2D eigenvalue weighted by Gasteiger charge is 1.59. The third-order valence-electron chi connectivity index (χ3n) is 1.09. The van der Waals surface area contributed by atoms with Gasteiger partial charge >= 0.3 is 0 Å². The SMILES string of the molecule is CC.c1ccccc1.c1ccoc1. The first-order valence-electron chi connectivity index (χ1n) is 4.47. The quantitative estimate of drug-likeness (QED) is 0.591. The Morgan fingerprint density at radius 2 is 0.846 bits per heavy atom. The van der Waals surface area contributed by atoms with E-state index in [0.29, 0.717) is 0 Å². The molecule has 1 heterocycles. The number of furan rings is 1. The Balaban J connectivity index is 0.000000189. The van der Waals surface area contributed by atoms with Gasteiger partial charge in [0.2, 0.25) is 0 Å². The summed E-state index contributed by atoms with van der Waals surface area (Å²) in [5, 5.41) is 0. The van der Waals surface area contributed by atoms with Gasteiger partial charge in [-0.25, -0.2) is 0 Å². The average Bonchev–Trinajstić information content (AvgIpc) is 2.82. The first-order chi connectivity index (χ1) is 6.50. The van der Waals surface area contributed by atoms with Crippen molar-refractivity contribution in [3.05, 3.63) is 61.1 Å². The Labute approximate surface area is 80.0 Å². The summed E-state index contributed by atoms with van der Waals surface area (Å²) < 4.78 is 4.58. The van der Waals surface area contributed by atoms with E-state index >= 15 is 0 Å². The van der Waals surface area contributed by atoms with Crippen molar-refractivity contribution in [3.63, 3.8) is 0 Å². The molecular formula is C12H16O. The highest BCUT2D eigenvalue weighted by atomic mass is 16.3. The Morgan fingerprint density at radius 3 is 1.00 bits per heavy atom. The van der Waals surface area contributed by atoms with Crippen LogP contribution >= 0.6 is 0 Å². The highest BCUT2D eigenvalue weighted by molar-refractivity contribution is 4.99. The lowest BCUT2D eigenvalue weighted by molar-refractivity contribution is 0.567. The average molecular weight is 176 g/mol. The van der Waals surface area contributed by atoms with Crippen LogP contribution < -0.4 is 0 Å². The van der Waals surface area contributed by atoms with Crippen LogP contribution in [0.2, 0.25) is 0 Å². The lowest BCUT2D eigenvalue weighted by atomic mass is 10.4. The molecule has 0 saturated heterocycles. The van der Waals surface area contributed by atoms with Crippen LogP contribution in [0.1, 0.15) is 13.8 Å². The van der Waals surface area contributed by atoms with E-state index in [-0.39, 0.29) is 0 Å². The molecule has 0 aliphatic rings. The highest BCUT2D eigenvalue weighted by Crippen LogP contribution is 1.80. The summed E-state index contributed by atoms with van der Waals surface area (Å²) in [5.74, 6) is 0. The molecule has 2 aromatic rings. The van der Waals surface area contributed by atoms with E-state index < -0.39 is 0 Å². The lowest BCUT2D eigenvalue weighted by Gasteiger charge is -1.69. The Bertz CT molecular complexity index is 191. The second-order valence-electron chi connectivity index (χ2n) is 1.95. The topological polar surface area (TPSA) is 13.1 Å². The molecule has 1 nitrogen and oxygen atoms in total. The van der Waals surface area contributed by atoms with Crippen molar-refractivity contribution in [1.29, 1.82) is 0 Å². The Kier molecular flexibility index (Phi) is 9.29. The summed E-state index contributed by atoms with van der Waals surface area (Å²) in [5.41, 5.74) is 0. The van der Waals surface area contributed by atoms with Crippen LogP contribution in [0.5, 0.6) is 0 Å². The summed E-state index contributed by atoms with van der Waals surface area (Å²) >= 11 is 0. The summed E-state index contributed by atoms with van der Waals surface area (Å²) in [6.07, 6.45) is 3.25. The van der Waals surface area contributed by atoms with Gasteiger partial charge in [-0.2, -0.15) is 0 Å². The van der Waals surface area contributed by atoms with Crippen molar-refractivity contribution < 1.29 is 4.42 Å². The third-order valence-corrected chi connectivity index (χ3v) is 1.09. The van der Waals surface area contributed by atoms with Gasteiger partial charge in [-0.15, -0.1) is 0 Å². The molecule has 1 aromatic heterocycles. The second-order valence-corrected chi connectivity index (χ2v) is 1.95. The van der Waals surface area contributed by atoms with Gasteiger partial charge in [0, 0.05) is 0 Å². The fourth-order valence-electron chi connectivity index (χ4n) is 0.612. The van der Waals surface area contributed by atoms with Gasteiger partial charge in [0.05, 0.1) is 12.5 Å². The normalized spacial score (nSPS) is 7.23. The molecule has 0 aliphatic heterocycles. The maximum Gasteiger partial charge on any atom is 0.0902 e. The zero-order valence-corrected chi connectivity index (χ0v) is 8.18. The van der Waals surface area contributed by atoms with Crippen LogP contribution in [0, 0.1) is 0 Å². The monoisotopic (exact) mass is 176 g/mol. The molecule has 0 aliphatic carbocycles. The fourth-order valence-corrected chi connectivity index (χ4v) is 0.612. The van der Waals surface area contributed by atoms with E-state index in [4.69, 9.17) is 0 Å². The maximum atomic E-state index is 4.58. The molecule has 0 fully saturated rings. The fraction of sp³-hybridized carbons (Fsp3) is 0.167. The number of hydrogen-bond acceptors (Lipinski definition) is 1. The van der Waals surface area contributed by atoms with E-state index in [2.05, 4.69) is 4.42 Å². The van der Waals surface area contributed by atoms with Crippen LogP contribution in [0.25, 0.3) is 0 Å². The number of benzene rings is 1. The maximum absolute atomic E-state index is 4.58. The molecule has 0 radical (unpaired) electrons. The minimum atomic E-state index is 1.62. The van der Waals surface area contributed by atoms with E-state index in [1.807, 2.05) is 62.4 Å². The minimum absolute atomic E-state index is 1.62. The van der Waals surface area contributed by atoms with Gasteiger partial charge in [-0.3, -0.25) is 0 Å². The van der Waals surface area contributed by atoms with E-state index in [0.717, 1.165) is 0 Å². The predicted octanol–water partition coefficient (Wildman–Crippen LogP) is 3.99. The minimum Gasteiger partial charge on any atom is -0.473 e. The second kappa shape index (κ2) is 10.5. The van der Waals surface area contributed by atoms with Crippen LogP contribution in [-0.2, 0) is 0 Å². The molecule has 1 heteroatoms. The number of hydrogen-bond donors (Lipinski definition) is 0. The van der Waals surface area contributed by atoms with Crippen LogP contribution in [-0.4, -0.2) is 0 Å². The smallest absolute Gasteiger partial charge is 0.0902 e. The van der Waals surface area contributed by atoms with Crippen LogP contribution in [0.15, 0.2) is 65.5 Å². The molecular weight excluding hydrogens is 160 g/mol. The molecule has 70 valence electrons. The zero-order valence-electron chi connectivity index (χ0n) is 8.18. The summed E-state index contributed by atoms with van der Waals surface area (Å²) in [4.78, 5) is 0. The summed E-state index contributed by atoms with van der Waals surface area (Å²) in [7, 11) is 0. The van der Waals surface area contributed by atoms with Gasteiger partial charge in [0.1, 0.15) is 0 Å². The largest absolute Gasteiger partial charge is 0.473 e. The van der Waals surface area contributed by atoms with Crippen molar-refractivity contribution >= 4 is 0 Å². The van der Waals surface area contributed by atoms with Crippen molar-refractivity contribution in [1.82, 2.24) is 0 Å². The first-order valence-corrected chi connectivity index (χ1v) is 4.47. The van der Waals surface area contributed by atoms with Crippen molar-refractivity contribution in [3.8, 4) is 0 Å². The molecule has 0 atom stereocenters. The Hall–Kier alpha value is -1.50.